The number of hydrogen-bond acceptors (Lipinski definition) is 2. The molecule has 1 aliphatic heterocycles. The Morgan fingerprint density at radius 3 is 2.75 bits per heavy atom. The van der Waals surface area contributed by atoms with Crippen molar-refractivity contribution in [3.8, 4) is 0 Å². The van der Waals surface area contributed by atoms with E-state index in [-0.39, 0.29) is 5.91 Å². The van der Waals surface area contributed by atoms with Crippen LogP contribution in [0.2, 0.25) is 0 Å². The molecule has 1 saturated carbocycles. The molecule has 1 aromatic heterocycles. The molecule has 4 heteroatoms. The fourth-order valence-electron chi connectivity index (χ4n) is 3.82. The summed E-state index contributed by atoms with van der Waals surface area (Å²) in [5.74, 6) is 2.18. The summed E-state index contributed by atoms with van der Waals surface area (Å²) in [4.78, 5) is 19.2. The summed E-state index contributed by atoms with van der Waals surface area (Å²) in [5, 5.41) is 0. The Kier molecular flexibility index (Phi) is 4.13. The van der Waals surface area contributed by atoms with Gasteiger partial charge in [-0.1, -0.05) is 30.3 Å². The van der Waals surface area contributed by atoms with Gasteiger partial charge in [-0.2, -0.15) is 0 Å². The van der Waals surface area contributed by atoms with Gasteiger partial charge in [-0.05, 0) is 38.2 Å². The molecule has 1 amide bonds. The van der Waals surface area contributed by atoms with Crippen LogP contribution >= 0.6 is 0 Å². The number of likely N-dealkylation sites (tertiary alicyclic amines) is 1. The lowest BCUT2D eigenvalue weighted by Crippen LogP contribution is -2.29. The highest BCUT2D eigenvalue weighted by atomic mass is 16.2. The Labute approximate surface area is 143 Å². The number of aryl methyl sites for hydroxylation is 2. The molecule has 2 aromatic rings. The van der Waals surface area contributed by atoms with Gasteiger partial charge in [0.25, 0.3) is 0 Å². The van der Waals surface area contributed by atoms with E-state index in [4.69, 9.17) is 0 Å². The number of rotatable bonds is 5. The number of aromatic nitrogens is 2. The first-order valence-corrected chi connectivity index (χ1v) is 9.08. The first-order valence-electron chi connectivity index (χ1n) is 9.08. The van der Waals surface area contributed by atoms with Gasteiger partial charge in [0.15, 0.2) is 0 Å². The molecule has 1 unspecified atom stereocenters. The van der Waals surface area contributed by atoms with Gasteiger partial charge >= 0.3 is 0 Å². The molecule has 1 aliphatic carbocycles. The van der Waals surface area contributed by atoms with Gasteiger partial charge in [0.05, 0.1) is 6.04 Å². The fourth-order valence-corrected chi connectivity index (χ4v) is 3.82. The summed E-state index contributed by atoms with van der Waals surface area (Å²) in [5.41, 5.74) is 2.48. The third kappa shape index (κ3) is 3.10. The number of hydrogen-bond donors (Lipinski definition) is 0. The van der Waals surface area contributed by atoms with Crippen LogP contribution in [0.4, 0.5) is 0 Å². The quantitative estimate of drug-likeness (QED) is 0.845. The van der Waals surface area contributed by atoms with Crippen molar-refractivity contribution in [3.63, 3.8) is 0 Å². The molecule has 2 heterocycles. The zero-order chi connectivity index (χ0) is 16.5. The maximum Gasteiger partial charge on any atom is 0.222 e. The Morgan fingerprint density at radius 1 is 1.21 bits per heavy atom. The molecule has 0 spiro atoms. The average molecular weight is 323 g/mol. The van der Waals surface area contributed by atoms with Crippen LogP contribution in [0.15, 0.2) is 36.5 Å². The second-order valence-corrected chi connectivity index (χ2v) is 7.17. The standard InChI is InChI=1S/C20H25N3O/c1-15-13-21-20(17-8-9-17)23(15)18-11-12-22(14-18)19(24)10-7-16-5-3-2-4-6-16/h2-6,13,17-18H,7-12,14H2,1H3. The van der Waals surface area contributed by atoms with E-state index in [2.05, 4.69) is 28.6 Å². The zero-order valence-electron chi connectivity index (χ0n) is 14.3. The summed E-state index contributed by atoms with van der Waals surface area (Å²) < 4.78 is 2.40. The number of carbonyl (C=O) groups is 1. The lowest BCUT2D eigenvalue weighted by molar-refractivity contribution is -0.130. The van der Waals surface area contributed by atoms with E-state index in [0.29, 0.717) is 18.4 Å². The van der Waals surface area contributed by atoms with Crippen molar-refractivity contribution < 1.29 is 4.79 Å². The van der Waals surface area contributed by atoms with Crippen LogP contribution in [0.3, 0.4) is 0 Å². The summed E-state index contributed by atoms with van der Waals surface area (Å²) in [6.07, 6.45) is 7.01. The number of amides is 1. The van der Waals surface area contributed by atoms with Gasteiger partial charge in [-0.15, -0.1) is 0 Å². The molecule has 0 bridgehead atoms. The SMILES string of the molecule is Cc1cnc(C2CC2)n1C1CCN(C(=O)CCc2ccccc2)C1. The highest BCUT2D eigenvalue weighted by Crippen LogP contribution is 2.41. The van der Waals surface area contributed by atoms with Gasteiger partial charge < -0.3 is 9.47 Å². The minimum Gasteiger partial charge on any atom is -0.341 e. The number of nitrogens with zero attached hydrogens (tertiary/aromatic N) is 3. The Morgan fingerprint density at radius 2 is 2.00 bits per heavy atom. The topological polar surface area (TPSA) is 38.1 Å². The van der Waals surface area contributed by atoms with Crippen LogP contribution in [-0.4, -0.2) is 33.4 Å². The minimum atomic E-state index is 0.284. The first kappa shape index (κ1) is 15.4. The van der Waals surface area contributed by atoms with Gasteiger partial charge in [0.1, 0.15) is 5.82 Å². The monoisotopic (exact) mass is 323 g/mol. The maximum absolute atomic E-state index is 12.6. The largest absolute Gasteiger partial charge is 0.341 e. The summed E-state index contributed by atoms with van der Waals surface area (Å²) >= 11 is 0. The van der Waals surface area contributed by atoms with Crippen LogP contribution in [-0.2, 0) is 11.2 Å². The van der Waals surface area contributed by atoms with Crippen molar-refractivity contribution in [1.82, 2.24) is 14.5 Å². The van der Waals surface area contributed by atoms with Crippen LogP contribution in [0.5, 0.6) is 0 Å². The number of carbonyl (C=O) groups excluding carboxylic acids is 1. The van der Waals surface area contributed by atoms with Gasteiger partial charge in [0.2, 0.25) is 5.91 Å². The van der Waals surface area contributed by atoms with E-state index in [1.54, 1.807) is 0 Å². The number of benzene rings is 1. The molecule has 0 N–H and O–H groups in total. The van der Waals surface area contributed by atoms with Crippen LogP contribution < -0.4 is 0 Å². The number of imidazole rings is 1. The molecule has 126 valence electrons. The van der Waals surface area contributed by atoms with E-state index >= 15 is 0 Å². The van der Waals surface area contributed by atoms with Crippen LogP contribution in [0.1, 0.15) is 54.7 Å². The third-order valence-electron chi connectivity index (χ3n) is 5.30. The van der Waals surface area contributed by atoms with Crippen LogP contribution in [0, 0.1) is 6.92 Å². The normalized spacial score (nSPS) is 20.5. The van der Waals surface area contributed by atoms with E-state index in [9.17, 15) is 4.79 Å². The Balaban J connectivity index is 1.38. The molecule has 24 heavy (non-hydrogen) atoms. The molecule has 1 atom stereocenters. The molecular formula is C20H25N3O. The molecule has 4 rings (SSSR count). The predicted octanol–water partition coefficient (Wildman–Crippen LogP) is 3.48. The average Bonchev–Trinajstić information content (AvgIpc) is 3.21. The molecule has 1 saturated heterocycles. The molecule has 1 aromatic carbocycles. The summed E-state index contributed by atoms with van der Waals surface area (Å²) in [7, 11) is 0. The second kappa shape index (κ2) is 6.42. The van der Waals surface area contributed by atoms with E-state index in [1.807, 2.05) is 29.3 Å². The predicted molar refractivity (Wildman–Crippen MR) is 93.9 cm³/mol. The molecule has 4 nitrogen and oxygen atoms in total. The molecule has 2 aliphatic rings. The maximum atomic E-state index is 12.6. The van der Waals surface area contributed by atoms with Crippen molar-refractivity contribution in [2.45, 2.75) is 51.0 Å². The fraction of sp³-hybridized carbons (Fsp3) is 0.500. The Bertz CT molecular complexity index is 718. The highest BCUT2D eigenvalue weighted by Gasteiger charge is 2.34. The van der Waals surface area contributed by atoms with Crippen molar-refractivity contribution in [3.05, 3.63) is 53.6 Å². The lowest BCUT2D eigenvalue weighted by atomic mass is 10.1. The van der Waals surface area contributed by atoms with Gasteiger partial charge in [-0.3, -0.25) is 4.79 Å². The molecule has 2 fully saturated rings. The van der Waals surface area contributed by atoms with Gasteiger partial charge in [-0.25, -0.2) is 4.98 Å². The van der Waals surface area contributed by atoms with Gasteiger partial charge in [0, 0.05) is 37.3 Å². The summed E-state index contributed by atoms with van der Waals surface area (Å²) in [6.45, 7) is 3.85. The van der Waals surface area contributed by atoms with Crippen molar-refractivity contribution in [2.75, 3.05) is 13.1 Å². The minimum absolute atomic E-state index is 0.284. The molecule has 0 radical (unpaired) electrons. The molecular weight excluding hydrogens is 298 g/mol. The second-order valence-electron chi connectivity index (χ2n) is 7.17. The first-order chi connectivity index (χ1) is 11.7. The summed E-state index contributed by atoms with van der Waals surface area (Å²) in [6, 6.07) is 10.7. The lowest BCUT2D eigenvalue weighted by Gasteiger charge is -2.19. The van der Waals surface area contributed by atoms with E-state index in [0.717, 1.165) is 25.9 Å². The third-order valence-corrected chi connectivity index (χ3v) is 5.30. The van der Waals surface area contributed by atoms with Crippen LogP contribution in [0.25, 0.3) is 0 Å². The Hall–Kier alpha value is -2.10. The van der Waals surface area contributed by atoms with Crippen molar-refractivity contribution >= 4 is 5.91 Å². The van der Waals surface area contributed by atoms with Crippen molar-refractivity contribution in [2.24, 2.45) is 0 Å². The smallest absolute Gasteiger partial charge is 0.222 e. The zero-order valence-corrected chi connectivity index (χ0v) is 14.3. The highest BCUT2D eigenvalue weighted by molar-refractivity contribution is 5.76. The van der Waals surface area contributed by atoms with E-state index in [1.165, 1.54) is 29.9 Å². The van der Waals surface area contributed by atoms with E-state index < -0.39 is 0 Å². The van der Waals surface area contributed by atoms with Crippen molar-refractivity contribution in [1.29, 1.82) is 0 Å².